The van der Waals surface area contributed by atoms with Gasteiger partial charge < -0.3 is 29.5 Å². The molecule has 3 N–H and O–H groups in total. The first-order valence-corrected chi connectivity index (χ1v) is 22.7. The Morgan fingerprint density at radius 2 is 1.80 bits per heavy atom. The van der Waals surface area contributed by atoms with Gasteiger partial charge in [0.1, 0.15) is 40.9 Å². The van der Waals surface area contributed by atoms with Gasteiger partial charge in [0, 0.05) is 50.2 Å². The number of sulfonamides is 1. The molecule has 3 amide bonds. The highest BCUT2D eigenvalue weighted by atomic mass is 35.5. The van der Waals surface area contributed by atoms with E-state index in [1.54, 1.807) is 41.8 Å². The van der Waals surface area contributed by atoms with Crippen molar-refractivity contribution >= 4 is 78.2 Å². The molecule has 0 bridgehead atoms. The van der Waals surface area contributed by atoms with E-state index in [9.17, 15) is 22.8 Å². The van der Waals surface area contributed by atoms with Crippen molar-refractivity contribution in [1.29, 1.82) is 0 Å². The molecule has 4 heterocycles. The molecule has 61 heavy (non-hydrogen) atoms. The zero-order chi connectivity index (χ0) is 43.4. The van der Waals surface area contributed by atoms with Crippen LogP contribution in [-0.2, 0) is 24.4 Å². The fourth-order valence-corrected chi connectivity index (χ4v) is 9.91. The number of halogens is 2. The van der Waals surface area contributed by atoms with Crippen molar-refractivity contribution in [2.24, 2.45) is 11.3 Å². The number of pyridine rings is 1. The fraction of sp³-hybridized carbons (Fsp3) is 0.381. The van der Waals surface area contributed by atoms with Gasteiger partial charge in [-0.1, -0.05) is 67.3 Å². The molecule has 3 aromatic heterocycles. The molecule has 3 aliphatic rings. The summed E-state index contributed by atoms with van der Waals surface area (Å²) in [5.74, 6) is -1.30. The van der Waals surface area contributed by atoms with E-state index in [0.29, 0.717) is 61.7 Å². The zero-order valence-corrected chi connectivity index (χ0v) is 36.8. The van der Waals surface area contributed by atoms with E-state index >= 15 is 0 Å². The van der Waals surface area contributed by atoms with Crippen LogP contribution in [0.25, 0.3) is 33.5 Å². The fourth-order valence-electron chi connectivity index (χ4n) is 7.52. The lowest BCUT2D eigenvalue weighted by atomic mass is 9.85. The van der Waals surface area contributed by atoms with Crippen LogP contribution < -0.4 is 24.8 Å². The van der Waals surface area contributed by atoms with Gasteiger partial charge in [-0.15, -0.1) is 17.9 Å². The molecule has 320 valence electrons. The molecule has 0 radical (unpaired) electrons. The van der Waals surface area contributed by atoms with Gasteiger partial charge in [0.2, 0.25) is 27.7 Å². The number of nitrogens with one attached hydrogen (secondary N) is 3. The minimum atomic E-state index is -3.92. The quantitative estimate of drug-likeness (QED) is 0.0981. The smallest absolute Gasteiger partial charge is 0.259 e. The first kappa shape index (κ1) is 42.5. The first-order valence-electron chi connectivity index (χ1n) is 19.5. The molecular formula is C42H43Cl2N7O8S2. The summed E-state index contributed by atoms with van der Waals surface area (Å²) in [4.78, 5) is 53.8. The van der Waals surface area contributed by atoms with Gasteiger partial charge in [-0.25, -0.2) is 18.4 Å². The summed E-state index contributed by atoms with van der Waals surface area (Å²) >= 11 is 13.7. The highest BCUT2D eigenvalue weighted by Gasteiger charge is 2.62. The first-order chi connectivity index (χ1) is 29.0. The molecule has 2 aliphatic carbocycles. The SMILES string of the molecule is C=C[C@@H]1C[C@]1(NC(=O)[C@@H]1C[C@@H](Oc2ncc(OC)c3ccc(Cl)cc23)CN1C(=O)[C@@H](Nc1nc(-c2cc(-c3ccc(Cl)cc3)no2)cs1)C(C)(C)C)C(=O)NS(=O)(=O)C1CC1. The number of hydrogen-bond donors (Lipinski definition) is 3. The van der Waals surface area contributed by atoms with Crippen LogP contribution in [0.3, 0.4) is 0 Å². The Bertz CT molecular complexity index is 2640. The number of hydrogen-bond acceptors (Lipinski definition) is 13. The van der Waals surface area contributed by atoms with Crippen LogP contribution in [0.2, 0.25) is 10.0 Å². The van der Waals surface area contributed by atoms with Crippen LogP contribution in [-0.4, -0.2) is 88.8 Å². The summed E-state index contributed by atoms with van der Waals surface area (Å²) in [7, 11) is -2.39. The number of methoxy groups -OCH3 is 1. The number of ether oxygens (including phenoxy) is 2. The number of fused-ring (bicyclic) bond motifs is 1. The molecular weight excluding hydrogens is 866 g/mol. The number of anilines is 1. The molecule has 19 heteroatoms. The van der Waals surface area contributed by atoms with Crippen LogP contribution in [0.5, 0.6) is 11.6 Å². The third kappa shape index (κ3) is 8.65. The van der Waals surface area contributed by atoms with E-state index < -0.39 is 68.1 Å². The lowest BCUT2D eigenvalue weighted by Crippen LogP contribution is -2.58. The van der Waals surface area contributed by atoms with Gasteiger partial charge >= 0.3 is 0 Å². The van der Waals surface area contributed by atoms with Crippen molar-refractivity contribution in [2.45, 2.75) is 75.4 Å². The predicted molar refractivity (Wildman–Crippen MR) is 232 cm³/mol. The Balaban J connectivity index is 1.08. The molecule has 3 fully saturated rings. The Kier molecular flexibility index (Phi) is 11.3. The second-order valence-corrected chi connectivity index (χ2v) is 20.2. The summed E-state index contributed by atoms with van der Waals surface area (Å²) in [5.41, 5.74) is -0.368. The number of benzene rings is 2. The zero-order valence-electron chi connectivity index (χ0n) is 33.6. The van der Waals surface area contributed by atoms with Crippen LogP contribution >= 0.6 is 34.5 Å². The molecule has 2 aromatic carbocycles. The second-order valence-electron chi connectivity index (χ2n) is 16.6. The molecule has 2 saturated carbocycles. The van der Waals surface area contributed by atoms with E-state index in [1.165, 1.54) is 35.6 Å². The van der Waals surface area contributed by atoms with Gasteiger partial charge in [0.05, 0.1) is 25.1 Å². The predicted octanol–water partition coefficient (Wildman–Crippen LogP) is 6.87. The highest BCUT2D eigenvalue weighted by molar-refractivity contribution is 7.91. The third-order valence-electron chi connectivity index (χ3n) is 11.2. The Hall–Kier alpha value is -5.23. The largest absolute Gasteiger partial charge is 0.494 e. The summed E-state index contributed by atoms with van der Waals surface area (Å²) in [6.45, 7) is 9.44. The van der Waals surface area contributed by atoms with E-state index in [4.69, 9.17) is 42.2 Å². The molecule has 5 aromatic rings. The van der Waals surface area contributed by atoms with Crippen molar-refractivity contribution in [3.8, 4) is 34.3 Å². The number of carbonyl (C=O) groups excluding carboxylic acids is 3. The number of aromatic nitrogens is 3. The molecule has 0 spiro atoms. The van der Waals surface area contributed by atoms with Gasteiger partial charge in [-0.2, -0.15) is 0 Å². The Morgan fingerprint density at radius 1 is 1.07 bits per heavy atom. The third-order valence-corrected chi connectivity index (χ3v) is 14.2. The number of likely N-dealkylation sites (tertiary alicyclic amines) is 1. The van der Waals surface area contributed by atoms with Crippen LogP contribution in [0, 0.1) is 11.3 Å². The number of carbonyl (C=O) groups is 3. The average Bonchev–Trinajstić information content (AvgIpc) is 4.01. The summed E-state index contributed by atoms with van der Waals surface area (Å²) in [6.07, 6.45) is 3.35. The maximum atomic E-state index is 15.0. The lowest BCUT2D eigenvalue weighted by molar-refractivity contribution is -0.141. The van der Waals surface area contributed by atoms with Gasteiger partial charge in [0.25, 0.3) is 5.91 Å². The van der Waals surface area contributed by atoms with Gasteiger partial charge in [-0.05, 0) is 55.0 Å². The monoisotopic (exact) mass is 907 g/mol. The minimum absolute atomic E-state index is 0.0177. The highest BCUT2D eigenvalue weighted by Crippen LogP contribution is 2.46. The van der Waals surface area contributed by atoms with Crippen LogP contribution in [0.1, 0.15) is 46.5 Å². The molecule has 0 unspecified atom stereocenters. The Morgan fingerprint density at radius 3 is 2.48 bits per heavy atom. The van der Waals surface area contributed by atoms with Crippen molar-refractivity contribution in [1.82, 2.24) is 30.1 Å². The van der Waals surface area contributed by atoms with Gasteiger partial charge in [0.15, 0.2) is 10.9 Å². The number of thiazole rings is 1. The standard InChI is InChI=1S/C42H43Cl2N7O8S2/c1-6-23-18-42(23,39(54)50-61(55,56)27-12-13-27)48-36(52)32-16-26(58-37-29-15-25(44)11-14-28(29)34(57-5)19-45-37)20-51(32)38(53)35(41(2,3)4)47-40-46-31(21-60-40)33-17-30(49-59-33)22-7-9-24(43)10-8-22/h6-11,14-15,17,19,21,23,26-27,32,35H,1,12-13,16,18,20H2,2-5H3,(H,46,47)(H,48,52)(H,50,54)/t23-,26-,32+,35-,42-/m1/s1. The molecule has 1 saturated heterocycles. The van der Waals surface area contributed by atoms with Crippen LogP contribution in [0.15, 0.2) is 77.3 Å². The maximum Gasteiger partial charge on any atom is 0.259 e. The molecule has 15 nitrogen and oxygen atoms in total. The maximum absolute atomic E-state index is 15.0. The minimum Gasteiger partial charge on any atom is -0.494 e. The summed E-state index contributed by atoms with van der Waals surface area (Å²) in [6, 6.07) is 12.1. The normalized spacial score (nSPS) is 21.7. The van der Waals surface area contributed by atoms with Gasteiger partial charge in [-0.3, -0.25) is 19.1 Å². The summed E-state index contributed by atoms with van der Waals surface area (Å²) in [5, 5.41) is 14.2. The molecule has 1 aliphatic heterocycles. The second kappa shape index (κ2) is 16.2. The number of amides is 3. The summed E-state index contributed by atoms with van der Waals surface area (Å²) < 4.78 is 45.4. The van der Waals surface area contributed by atoms with Crippen LogP contribution in [0.4, 0.5) is 5.13 Å². The van der Waals surface area contributed by atoms with E-state index in [0.717, 1.165) is 5.56 Å². The molecule has 5 atom stereocenters. The topological polar surface area (TPSA) is 195 Å². The average molecular weight is 909 g/mol. The number of rotatable bonds is 14. The van der Waals surface area contributed by atoms with Crippen molar-refractivity contribution < 1.29 is 36.8 Å². The number of nitrogens with zero attached hydrogens (tertiary/aromatic N) is 4. The molecule has 8 rings (SSSR count). The van der Waals surface area contributed by atoms with E-state index in [-0.39, 0.29) is 25.3 Å². The van der Waals surface area contributed by atoms with Crippen molar-refractivity contribution in [3.05, 3.63) is 82.8 Å². The Labute approximate surface area is 366 Å². The van der Waals surface area contributed by atoms with E-state index in [1.807, 2.05) is 32.9 Å². The van der Waals surface area contributed by atoms with E-state index in [2.05, 4.69) is 32.1 Å². The van der Waals surface area contributed by atoms with Crippen molar-refractivity contribution in [3.63, 3.8) is 0 Å². The lowest BCUT2D eigenvalue weighted by Gasteiger charge is -2.35. The van der Waals surface area contributed by atoms with Crippen molar-refractivity contribution in [2.75, 3.05) is 19.0 Å².